The summed E-state index contributed by atoms with van der Waals surface area (Å²) in [5, 5.41) is 14.2. The van der Waals surface area contributed by atoms with E-state index in [-0.39, 0.29) is 22.6 Å². The molecule has 1 saturated heterocycles. The van der Waals surface area contributed by atoms with Crippen molar-refractivity contribution in [3.63, 3.8) is 0 Å². The Morgan fingerprint density at radius 2 is 1.68 bits per heavy atom. The van der Waals surface area contributed by atoms with Crippen LogP contribution in [0.1, 0.15) is 22.0 Å². The number of urea groups is 1. The van der Waals surface area contributed by atoms with Gasteiger partial charge in [-0.15, -0.1) is 0 Å². The van der Waals surface area contributed by atoms with Crippen molar-refractivity contribution in [2.45, 2.75) is 17.9 Å². The highest BCUT2D eigenvalue weighted by atomic mass is 19.4. The van der Waals surface area contributed by atoms with Crippen molar-refractivity contribution >= 4 is 11.8 Å². The van der Waals surface area contributed by atoms with Crippen LogP contribution in [0.5, 0.6) is 11.5 Å². The monoisotopic (exact) mass is 442 g/mol. The van der Waals surface area contributed by atoms with Crippen LogP contribution in [0.15, 0.2) is 42.5 Å². The molecule has 1 heterocycles. The largest absolute Gasteiger partial charge is 0.493 e. The Morgan fingerprint density at radius 1 is 1.06 bits per heavy atom. The van der Waals surface area contributed by atoms with Crippen molar-refractivity contribution in [3.8, 4) is 11.5 Å². The number of Topliss-reactive ketones (excluding diaryl/α,β-unsaturated/α-hetero) is 1. The first-order valence-electron chi connectivity index (χ1n) is 8.91. The fourth-order valence-electron chi connectivity index (χ4n) is 3.46. The third-order valence-corrected chi connectivity index (χ3v) is 4.98. The van der Waals surface area contributed by atoms with Crippen LogP contribution < -0.4 is 20.1 Å². The summed E-state index contributed by atoms with van der Waals surface area (Å²) >= 11 is 0. The van der Waals surface area contributed by atoms with Gasteiger partial charge in [-0.05, 0) is 42.0 Å². The molecule has 3 N–H and O–H groups in total. The highest BCUT2D eigenvalue weighted by Crippen LogP contribution is 2.45. The predicted molar refractivity (Wildman–Crippen MR) is 99.2 cm³/mol. The van der Waals surface area contributed by atoms with Gasteiger partial charge in [0.2, 0.25) is 5.72 Å². The van der Waals surface area contributed by atoms with E-state index in [9.17, 15) is 32.3 Å². The molecule has 0 unspecified atom stereocenters. The van der Waals surface area contributed by atoms with Crippen molar-refractivity contribution in [2.24, 2.45) is 5.92 Å². The zero-order chi connectivity index (χ0) is 23.0. The summed E-state index contributed by atoms with van der Waals surface area (Å²) in [7, 11) is 2.66. The van der Waals surface area contributed by atoms with Gasteiger partial charge in [0.05, 0.1) is 20.3 Å². The molecule has 31 heavy (non-hydrogen) atoms. The molecule has 0 saturated carbocycles. The van der Waals surface area contributed by atoms with Gasteiger partial charge in [0.1, 0.15) is 11.7 Å². The number of methoxy groups -OCH3 is 2. The minimum Gasteiger partial charge on any atom is -0.493 e. The minimum atomic E-state index is -5.40. The lowest BCUT2D eigenvalue weighted by atomic mass is 9.77. The number of rotatable bonds is 5. The summed E-state index contributed by atoms with van der Waals surface area (Å²) in [6.45, 7) is 0. The molecule has 3 atom stereocenters. The predicted octanol–water partition coefficient (Wildman–Crippen LogP) is 2.95. The molecule has 0 spiro atoms. The molecular formula is C20H18F4N2O5. The molecule has 2 aromatic rings. The molecule has 11 heteroatoms. The number of nitrogens with one attached hydrogen (secondary N) is 2. The van der Waals surface area contributed by atoms with Gasteiger partial charge < -0.3 is 25.2 Å². The van der Waals surface area contributed by atoms with E-state index in [2.05, 4.69) is 5.32 Å². The minimum absolute atomic E-state index is 0.0515. The number of benzene rings is 2. The number of ether oxygens (including phenoxy) is 2. The number of ketones is 1. The van der Waals surface area contributed by atoms with E-state index in [1.807, 2.05) is 0 Å². The van der Waals surface area contributed by atoms with Gasteiger partial charge in [0.15, 0.2) is 17.3 Å². The van der Waals surface area contributed by atoms with Crippen molar-refractivity contribution in [3.05, 3.63) is 59.4 Å². The lowest BCUT2D eigenvalue weighted by Crippen LogP contribution is -2.72. The highest BCUT2D eigenvalue weighted by molar-refractivity contribution is 6.00. The van der Waals surface area contributed by atoms with Crippen LogP contribution in [-0.4, -0.2) is 43.0 Å². The maximum absolute atomic E-state index is 13.9. The zero-order valence-electron chi connectivity index (χ0n) is 16.3. The third-order valence-electron chi connectivity index (χ3n) is 4.98. The van der Waals surface area contributed by atoms with E-state index in [4.69, 9.17) is 9.47 Å². The summed E-state index contributed by atoms with van der Waals surface area (Å²) in [4.78, 5) is 25.1. The summed E-state index contributed by atoms with van der Waals surface area (Å²) < 4.78 is 65.2. The van der Waals surface area contributed by atoms with Crippen LogP contribution >= 0.6 is 0 Å². The topological polar surface area (TPSA) is 96.9 Å². The number of carbonyl (C=O) groups excluding carboxylic acids is 2. The molecule has 1 fully saturated rings. The summed E-state index contributed by atoms with van der Waals surface area (Å²) in [5.41, 5.74) is -4.12. The molecule has 2 aromatic carbocycles. The molecule has 2 amide bonds. The van der Waals surface area contributed by atoms with Crippen LogP contribution in [0.4, 0.5) is 22.4 Å². The summed E-state index contributed by atoms with van der Waals surface area (Å²) in [6.07, 6.45) is -5.40. The SMILES string of the molecule is COc1ccc([C@H]2NC(=O)N[C@@](O)(C(F)(F)F)[C@@H]2C(=O)c2ccc(F)cc2)cc1OC. The van der Waals surface area contributed by atoms with E-state index in [0.717, 1.165) is 24.3 Å². The number of halogens is 4. The van der Waals surface area contributed by atoms with E-state index >= 15 is 0 Å². The quantitative estimate of drug-likeness (QED) is 0.489. The molecule has 1 aliphatic rings. The number of amides is 2. The molecule has 0 aliphatic carbocycles. The van der Waals surface area contributed by atoms with Crippen LogP contribution in [0.3, 0.4) is 0 Å². The summed E-state index contributed by atoms with van der Waals surface area (Å²) in [5.74, 6) is -3.70. The first-order chi connectivity index (χ1) is 14.5. The standard InChI is InChI=1S/C20H18F4N2O5/c1-30-13-8-5-11(9-14(13)31-2)16-15(17(27)10-3-6-12(21)7-4-10)19(29,20(22,23)24)26-18(28)25-16/h3-9,15-16,29H,1-2H3,(H2,25,26,28)/t15-,16+,19-/m0/s1. The van der Waals surface area contributed by atoms with Crippen LogP contribution in [0, 0.1) is 11.7 Å². The van der Waals surface area contributed by atoms with Gasteiger partial charge in [-0.25, -0.2) is 9.18 Å². The average Bonchev–Trinajstić information content (AvgIpc) is 2.72. The highest BCUT2D eigenvalue weighted by Gasteiger charge is 2.66. The van der Waals surface area contributed by atoms with Crippen molar-refractivity contribution in [1.82, 2.24) is 10.6 Å². The Morgan fingerprint density at radius 3 is 2.23 bits per heavy atom. The Bertz CT molecular complexity index is 996. The van der Waals surface area contributed by atoms with Gasteiger partial charge in [-0.1, -0.05) is 6.07 Å². The Kier molecular flexibility index (Phi) is 5.81. The lowest BCUT2D eigenvalue weighted by Gasteiger charge is -2.45. The molecule has 0 aromatic heterocycles. The second kappa shape index (κ2) is 8.06. The van der Waals surface area contributed by atoms with Gasteiger partial charge in [-0.2, -0.15) is 13.2 Å². The molecule has 7 nitrogen and oxygen atoms in total. The third kappa shape index (κ3) is 4.00. The first kappa shape index (κ1) is 22.3. The second-order valence-corrected chi connectivity index (χ2v) is 6.80. The molecular weight excluding hydrogens is 424 g/mol. The van der Waals surface area contributed by atoms with Crippen LogP contribution in [0.2, 0.25) is 0 Å². The number of hydrogen-bond donors (Lipinski definition) is 3. The van der Waals surface area contributed by atoms with E-state index in [1.54, 1.807) is 0 Å². The van der Waals surface area contributed by atoms with Gasteiger partial charge in [0, 0.05) is 5.56 Å². The number of hydrogen-bond acceptors (Lipinski definition) is 5. The average molecular weight is 442 g/mol. The van der Waals surface area contributed by atoms with Crippen molar-refractivity contribution in [2.75, 3.05) is 14.2 Å². The van der Waals surface area contributed by atoms with Crippen molar-refractivity contribution < 1.29 is 41.7 Å². The fraction of sp³-hybridized carbons (Fsp3) is 0.300. The van der Waals surface area contributed by atoms with Crippen molar-refractivity contribution in [1.29, 1.82) is 0 Å². The number of carbonyl (C=O) groups is 2. The Labute approximate surface area is 174 Å². The zero-order valence-corrected chi connectivity index (χ0v) is 16.3. The maximum Gasteiger partial charge on any atom is 0.437 e. The summed E-state index contributed by atoms with van der Waals surface area (Å²) in [6, 6.07) is 4.87. The fourth-order valence-corrected chi connectivity index (χ4v) is 3.46. The van der Waals surface area contributed by atoms with Gasteiger partial charge in [-0.3, -0.25) is 4.79 Å². The molecule has 0 radical (unpaired) electrons. The van der Waals surface area contributed by atoms with E-state index < -0.39 is 41.5 Å². The van der Waals surface area contributed by atoms with Crippen LogP contribution in [-0.2, 0) is 0 Å². The normalized spacial score (nSPS) is 23.5. The first-order valence-corrected chi connectivity index (χ1v) is 8.91. The van der Waals surface area contributed by atoms with Gasteiger partial charge >= 0.3 is 12.2 Å². The molecule has 3 rings (SSSR count). The lowest BCUT2D eigenvalue weighted by molar-refractivity contribution is -0.287. The number of alkyl halides is 3. The molecule has 0 bridgehead atoms. The van der Waals surface area contributed by atoms with E-state index in [0.29, 0.717) is 0 Å². The Hall–Kier alpha value is -3.34. The Balaban J connectivity index is 2.18. The second-order valence-electron chi connectivity index (χ2n) is 6.80. The molecule has 1 aliphatic heterocycles. The number of aliphatic hydroxyl groups is 1. The smallest absolute Gasteiger partial charge is 0.437 e. The molecule has 166 valence electrons. The van der Waals surface area contributed by atoms with Gasteiger partial charge in [0.25, 0.3) is 0 Å². The van der Waals surface area contributed by atoms with Crippen LogP contribution in [0.25, 0.3) is 0 Å². The van der Waals surface area contributed by atoms with E-state index in [1.165, 1.54) is 37.7 Å². The maximum atomic E-state index is 13.9.